The van der Waals surface area contributed by atoms with Crippen LogP contribution in [-0.2, 0) is 19.5 Å². The maximum atomic E-state index is 13.3. The molecule has 8 bridgehead atoms. The average molecular weight is 818 g/mol. The molecule has 0 atom stereocenters. The first-order chi connectivity index (χ1) is 28.0. The van der Waals surface area contributed by atoms with E-state index in [2.05, 4.69) is 165 Å². The molecule has 284 valence electrons. The van der Waals surface area contributed by atoms with E-state index in [1.807, 2.05) is 6.07 Å². The van der Waals surface area contributed by atoms with Gasteiger partial charge in [-0.25, -0.2) is 9.97 Å². The third-order valence-electron chi connectivity index (χ3n) is 11.8. The van der Waals surface area contributed by atoms with Gasteiger partial charge in [0.05, 0.1) is 22.8 Å². The molecule has 4 aromatic carbocycles. The number of nitrogens with zero attached hydrogens (tertiary/aromatic N) is 4. The zero-order valence-electron chi connectivity index (χ0n) is 35.0. The van der Waals surface area contributed by atoms with Crippen molar-refractivity contribution in [2.75, 3.05) is 0 Å². The van der Waals surface area contributed by atoms with Gasteiger partial charge in [0.2, 0.25) is 0 Å². The molecule has 7 aromatic rings. The summed E-state index contributed by atoms with van der Waals surface area (Å²) < 4.78 is 0. The third kappa shape index (κ3) is 6.66. The van der Waals surface area contributed by atoms with Crippen LogP contribution in [0.4, 0.5) is 0 Å². The molecule has 0 aliphatic carbocycles. The fourth-order valence-electron chi connectivity index (χ4n) is 9.14. The number of fused-ring (bicyclic) bond motifs is 8. The Balaban J connectivity index is 0.00000484. The van der Waals surface area contributed by atoms with E-state index in [0.29, 0.717) is 16.6 Å². The molecule has 0 fully saturated rings. The first kappa shape index (κ1) is 39.6. The quantitative estimate of drug-likeness (QED) is 0.128. The Labute approximate surface area is 358 Å². The largest absolute Gasteiger partial charge is 2.00 e. The Hall–Kier alpha value is -6.23. The molecule has 2 aliphatic rings. The first-order valence-corrected chi connectivity index (χ1v) is 19.8. The summed E-state index contributed by atoms with van der Waals surface area (Å²) in [6.07, 6.45) is 9.30. The van der Waals surface area contributed by atoms with Crippen molar-refractivity contribution in [2.45, 2.75) is 55.4 Å². The molecule has 0 amide bonds. The maximum Gasteiger partial charge on any atom is 2.00 e. The van der Waals surface area contributed by atoms with Gasteiger partial charge in [0, 0.05) is 0 Å². The SMILES string of the molecule is Cc1cccc(C)c1-c1c2nc(c(-c3c(C)cccc3C)c3cc(C=O)c([n-]3)c(-c3c(C)cccc3C)c3nc(c(-c4c(C)cccc4C)c4ccc1[n-]4)C=C3)C=C2.[Zn+2]. The summed E-state index contributed by atoms with van der Waals surface area (Å²) in [6, 6.07) is 31.6. The van der Waals surface area contributed by atoms with E-state index in [9.17, 15) is 4.79 Å². The number of rotatable bonds is 5. The second-order valence-electron chi connectivity index (χ2n) is 15.8. The van der Waals surface area contributed by atoms with Gasteiger partial charge in [-0.2, -0.15) is 0 Å². The van der Waals surface area contributed by atoms with Crippen LogP contribution in [0.1, 0.15) is 77.6 Å². The van der Waals surface area contributed by atoms with Crippen LogP contribution in [-0.4, -0.2) is 16.3 Å². The second kappa shape index (κ2) is 15.5. The third-order valence-corrected chi connectivity index (χ3v) is 11.8. The molecule has 2 aliphatic heterocycles. The van der Waals surface area contributed by atoms with Gasteiger partial charge in [-0.1, -0.05) is 91.0 Å². The Bertz CT molecular complexity index is 3040. The number of aryl methyl sites for hydroxylation is 8. The van der Waals surface area contributed by atoms with Crippen LogP contribution >= 0.6 is 0 Å². The molecule has 5 heterocycles. The molecule has 0 saturated carbocycles. The van der Waals surface area contributed by atoms with Gasteiger partial charge < -0.3 is 9.97 Å². The van der Waals surface area contributed by atoms with Gasteiger partial charge in [0.15, 0.2) is 0 Å². The normalized spacial score (nSPS) is 11.9. The van der Waals surface area contributed by atoms with Crippen molar-refractivity contribution >= 4 is 52.7 Å². The number of aldehydes is 1. The number of carbonyl (C=O) groups excluding carboxylic acids is 1. The molecule has 6 heteroatoms. The maximum absolute atomic E-state index is 13.3. The van der Waals surface area contributed by atoms with E-state index in [1.165, 1.54) is 0 Å². The van der Waals surface area contributed by atoms with Crippen LogP contribution in [0.25, 0.3) is 90.9 Å². The minimum atomic E-state index is 0. The summed E-state index contributed by atoms with van der Waals surface area (Å²) >= 11 is 0. The molecular formula is C53H44N4OZn. The van der Waals surface area contributed by atoms with Crippen molar-refractivity contribution in [1.29, 1.82) is 0 Å². The molecule has 3 aromatic heterocycles. The summed E-state index contributed by atoms with van der Waals surface area (Å²) in [5.74, 6) is 0. The fourth-order valence-corrected chi connectivity index (χ4v) is 9.14. The predicted molar refractivity (Wildman–Crippen MR) is 242 cm³/mol. The van der Waals surface area contributed by atoms with Crippen LogP contribution in [0.2, 0.25) is 0 Å². The molecule has 0 saturated heterocycles. The topological polar surface area (TPSA) is 71.1 Å². The van der Waals surface area contributed by atoms with Crippen molar-refractivity contribution < 1.29 is 24.3 Å². The number of aromatic nitrogens is 4. The van der Waals surface area contributed by atoms with E-state index in [0.717, 1.165) is 129 Å². The minimum Gasteiger partial charge on any atom is -0.657 e. The zero-order valence-corrected chi connectivity index (χ0v) is 37.9. The van der Waals surface area contributed by atoms with Gasteiger partial charge in [-0.05, 0) is 174 Å². The fraction of sp³-hybridized carbons (Fsp3) is 0.151. The molecular weight excluding hydrogens is 774 g/mol. The Kier molecular flexibility index (Phi) is 10.4. The summed E-state index contributed by atoms with van der Waals surface area (Å²) in [5, 5.41) is 0. The minimum absolute atomic E-state index is 0. The van der Waals surface area contributed by atoms with Gasteiger partial charge >= 0.3 is 19.5 Å². The molecule has 59 heavy (non-hydrogen) atoms. The Morgan fingerprint density at radius 1 is 0.390 bits per heavy atom. The molecule has 0 spiro atoms. The summed E-state index contributed by atoms with van der Waals surface area (Å²) in [7, 11) is 0. The smallest absolute Gasteiger partial charge is 0.657 e. The van der Waals surface area contributed by atoms with Crippen LogP contribution in [0.5, 0.6) is 0 Å². The number of carbonyl (C=O) groups is 1. The molecule has 5 nitrogen and oxygen atoms in total. The molecule has 0 N–H and O–H groups in total. The average Bonchev–Trinajstić information content (AvgIpc) is 4.03. The summed E-state index contributed by atoms with van der Waals surface area (Å²) in [4.78, 5) is 35.3. The Morgan fingerprint density at radius 3 is 1.03 bits per heavy atom. The van der Waals surface area contributed by atoms with Crippen LogP contribution < -0.4 is 9.97 Å². The van der Waals surface area contributed by atoms with Gasteiger partial charge in [0.25, 0.3) is 0 Å². The van der Waals surface area contributed by atoms with Gasteiger partial charge in [-0.15, -0.1) is 22.1 Å². The predicted octanol–water partition coefficient (Wildman–Crippen LogP) is 12.9. The van der Waals surface area contributed by atoms with Crippen molar-refractivity contribution in [1.82, 2.24) is 19.9 Å². The molecule has 0 radical (unpaired) electrons. The van der Waals surface area contributed by atoms with E-state index >= 15 is 0 Å². The molecule has 0 unspecified atom stereocenters. The van der Waals surface area contributed by atoms with Crippen molar-refractivity contribution in [2.24, 2.45) is 0 Å². The standard InChI is InChI=1S/C53H45N4O.Zn/c1-29-13-9-14-30(2)45(29)49-38-21-22-39(54-38)50(46-31(3)15-10-16-32(46)4)41-25-26-43(56-41)52(48-35(7)19-12-20-36(48)8)53-37(28-58)27-44(57-53)51(42-24-23-40(49)55-42)47-33(5)17-11-18-34(47)6;/h9-28H,1-8H3,(H-,54,55,56,57,58);/q-1;+2/p-1. The van der Waals surface area contributed by atoms with Crippen molar-refractivity contribution in [3.8, 4) is 44.5 Å². The summed E-state index contributed by atoms with van der Waals surface area (Å²) in [5.41, 5.74) is 23.4. The molecule has 9 rings (SSSR count). The van der Waals surface area contributed by atoms with Gasteiger partial charge in [0.1, 0.15) is 6.29 Å². The monoisotopic (exact) mass is 816 g/mol. The van der Waals surface area contributed by atoms with E-state index in [-0.39, 0.29) is 19.5 Å². The number of benzene rings is 4. The number of hydrogen-bond acceptors (Lipinski definition) is 3. The van der Waals surface area contributed by atoms with E-state index < -0.39 is 0 Å². The van der Waals surface area contributed by atoms with Crippen molar-refractivity contribution in [3.05, 3.63) is 164 Å². The summed E-state index contributed by atoms with van der Waals surface area (Å²) in [6.45, 7) is 17.1. The van der Waals surface area contributed by atoms with E-state index in [4.69, 9.17) is 19.9 Å². The first-order valence-electron chi connectivity index (χ1n) is 19.8. The van der Waals surface area contributed by atoms with Gasteiger partial charge in [-0.3, -0.25) is 4.79 Å². The van der Waals surface area contributed by atoms with Crippen LogP contribution in [0.15, 0.2) is 91.0 Å². The van der Waals surface area contributed by atoms with Crippen LogP contribution in [0, 0.1) is 55.4 Å². The van der Waals surface area contributed by atoms with Crippen molar-refractivity contribution in [3.63, 3.8) is 0 Å². The zero-order chi connectivity index (χ0) is 40.4. The number of hydrogen-bond donors (Lipinski definition) is 0. The second-order valence-corrected chi connectivity index (χ2v) is 15.8. The van der Waals surface area contributed by atoms with E-state index in [1.54, 1.807) is 0 Å². The Morgan fingerprint density at radius 2 is 0.695 bits per heavy atom. The van der Waals surface area contributed by atoms with Crippen LogP contribution in [0.3, 0.4) is 0 Å².